The molecule has 0 spiro atoms. The second-order valence-electron chi connectivity index (χ2n) is 2.70. The summed E-state index contributed by atoms with van der Waals surface area (Å²) < 4.78 is 10.2. The van der Waals surface area contributed by atoms with Crippen molar-refractivity contribution >= 4 is 24.6 Å². The molecule has 0 amide bonds. The van der Waals surface area contributed by atoms with Gasteiger partial charge in [0.25, 0.3) is 0 Å². The van der Waals surface area contributed by atoms with Gasteiger partial charge in [0.2, 0.25) is 0 Å². The molecule has 0 bridgehead atoms. The van der Waals surface area contributed by atoms with Gasteiger partial charge in [-0.05, 0) is 27.7 Å². The molecule has 0 aliphatic carbocycles. The molecule has 0 N–H and O–H groups in total. The Bertz CT molecular complexity index is 89.7. The molecule has 4 heteroatoms. The Balaban J connectivity index is 0. The first-order valence-electron chi connectivity index (χ1n) is 4.56. The van der Waals surface area contributed by atoms with Crippen molar-refractivity contribution in [1.82, 2.24) is 0 Å². The molecule has 0 saturated heterocycles. The summed E-state index contributed by atoms with van der Waals surface area (Å²) in [4.78, 5) is 0. The predicted octanol–water partition coefficient (Wildman–Crippen LogP) is 0.693. The van der Waals surface area contributed by atoms with E-state index in [1.807, 2.05) is 0 Å². The molecule has 0 radical (unpaired) electrons. The van der Waals surface area contributed by atoms with Gasteiger partial charge in [0.05, 0.1) is 26.2 Å². The van der Waals surface area contributed by atoms with Gasteiger partial charge in [-0.15, -0.1) is 0 Å². The van der Waals surface area contributed by atoms with Crippen LogP contribution in [0, 0.1) is 0 Å². The zero-order valence-electron chi connectivity index (χ0n) is 8.67. The second-order valence-corrected chi connectivity index (χ2v) is 4.11. The number of nitrogens with zero attached hydrogens (tertiary/aromatic N) is 1. The molecule has 0 aliphatic heterocycles. The molecule has 2 nitrogen and oxygen atoms in total. The molecule has 0 fully saturated rings. The average molecular weight is 252 g/mol. The van der Waals surface area contributed by atoms with Gasteiger partial charge in [-0.2, -0.15) is 0 Å². The summed E-state index contributed by atoms with van der Waals surface area (Å²) in [6.07, 6.45) is 0. The number of rotatable bonds is 4. The van der Waals surface area contributed by atoms with Crippen LogP contribution in [0.15, 0.2) is 0 Å². The zero-order valence-corrected chi connectivity index (χ0v) is 11.9. The molecule has 0 rings (SSSR count). The average Bonchev–Trinajstić information content (AvgIpc) is 2.11. The van der Waals surface area contributed by atoms with Crippen LogP contribution in [0.25, 0.3) is 0 Å². The first kappa shape index (κ1) is 15.0. The molecule has 0 aromatic carbocycles. The van der Waals surface area contributed by atoms with Gasteiger partial charge < -0.3 is 4.48 Å². The first-order valence-corrected chi connectivity index (χ1v) is 8.99. The standard InChI is InChI=1S/C8H20N.GeHOS/c1-5-9(6-2,7-3)8-4;2-1-3/h5-8H2,1-4H3;1H/q+1;-1. The summed E-state index contributed by atoms with van der Waals surface area (Å²) in [5.74, 6) is 0. The van der Waals surface area contributed by atoms with Crippen LogP contribution in [0.2, 0.25) is 0 Å². The van der Waals surface area contributed by atoms with Gasteiger partial charge >= 0.3 is 28.7 Å². The van der Waals surface area contributed by atoms with E-state index in [0.717, 1.165) is 0 Å². The van der Waals surface area contributed by atoms with Crippen molar-refractivity contribution in [3.8, 4) is 0 Å². The zero-order chi connectivity index (χ0) is 10.0. The molecular formula is C8H21GeNOS. The van der Waals surface area contributed by atoms with E-state index in [1.54, 1.807) is 0 Å². The maximum absolute atomic E-state index is 8.90. The van der Waals surface area contributed by atoms with E-state index in [4.69, 9.17) is 4.13 Å². The van der Waals surface area contributed by atoms with Crippen molar-refractivity contribution in [2.45, 2.75) is 27.7 Å². The van der Waals surface area contributed by atoms with E-state index in [2.05, 4.69) is 38.2 Å². The fourth-order valence-corrected chi connectivity index (χ4v) is 1.34. The van der Waals surface area contributed by atoms with Gasteiger partial charge in [-0.25, -0.2) is 0 Å². The summed E-state index contributed by atoms with van der Waals surface area (Å²) in [6, 6.07) is 0. The third-order valence-corrected chi connectivity index (χ3v) is 2.68. The topological polar surface area (TPSA) is 23.1 Å². The van der Waals surface area contributed by atoms with E-state index in [1.165, 1.54) is 30.7 Å². The molecule has 0 unspecified atom stereocenters. The van der Waals surface area contributed by atoms with Gasteiger partial charge in [0.1, 0.15) is 0 Å². The number of hydrogen-bond donors (Lipinski definition) is 0. The van der Waals surface area contributed by atoms with Crippen LogP contribution in [-0.4, -0.2) is 44.8 Å². The van der Waals surface area contributed by atoms with Crippen LogP contribution in [0.1, 0.15) is 27.7 Å². The monoisotopic (exact) mass is 253 g/mol. The maximum atomic E-state index is 8.90. The van der Waals surface area contributed by atoms with Crippen LogP contribution in [0.5, 0.6) is 0 Å². The first-order chi connectivity index (χ1) is 5.66. The van der Waals surface area contributed by atoms with Gasteiger partial charge in [0, 0.05) is 0 Å². The Kier molecular flexibility index (Phi) is 12.0. The van der Waals surface area contributed by atoms with Crippen molar-refractivity contribution in [1.29, 1.82) is 0 Å². The molecule has 0 aliphatic rings. The Morgan fingerprint density at radius 3 is 1.17 bits per heavy atom. The Morgan fingerprint density at radius 2 is 1.17 bits per heavy atom. The predicted molar refractivity (Wildman–Crippen MR) is 57.2 cm³/mol. The van der Waals surface area contributed by atoms with E-state index in [0.29, 0.717) is 0 Å². The van der Waals surface area contributed by atoms with E-state index in [-0.39, 0.29) is 0 Å². The fraction of sp³-hybridized carbons (Fsp3) is 1.00. The molecular weight excluding hydrogens is 231 g/mol. The summed E-state index contributed by atoms with van der Waals surface area (Å²) in [5, 5.41) is 0. The van der Waals surface area contributed by atoms with E-state index >= 15 is 0 Å². The number of hydrogen-bond acceptors (Lipinski definition) is 2. The Morgan fingerprint density at radius 1 is 1.00 bits per heavy atom. The van der Waals surface area contributed by atoms with Crippen LogP contribution >= 0.6 is 10.5 Å². The molecule has 0 atom stereocenters. The minimum atomic E-state index is -1.35. The van der Waals surface area contributed by atoms with Gasteiger partial charge in [-0.3, -0.25) is 0 Å². The minimum absolute atomic E-state index is 1.28. The van der Waals surface area contributed by atoms with Crippen LogP contribution < -0.4 is 4.13 Å². The SMILES string of the molecule is CC[N+](CC)(CC)CC.[O-][GeH]=[S]. The van der Waals surface area contributed by atoms with Crippen LogP contribution in [0.3, 0.4) is 0 Å². The van der Waals surface area contributed by atoms with Crippen LogP contribution in [0.4, 0.5) is 0 Å². The summed E-state index contributed by atoms with van der Waals surface area (Å²) >= 11 is -1.35. The van der Waals surface area contributed by atoms with Crippen molar-refractivity contribution in [3.63, 3.8) is 0 Å². The molecule has 74 valence electrons. The van der Waals surface area contributed by atoms with Crippen molar-refractivity contribution in [2.75, 3.05) is 26.2 Å². The Labute approximate surface area is 87.2 Å². The number of quaternary nitrogens is 1. The second kappa shape index (κ2) is 9.61. The molecule has 0 saturated carbocycles. The molecule has 12 heavy (non-hydrogen) atoms. The molecule has 0 heterocycles. The van der Waals surface area contributed by atoms with Gasteiger partial charge in [0.15, 0.2) is 0 Å². The Hall–Kier alpha value is 0.523. The normalized spacial score (nSPS) is 10.0. The third-order valence-electron chi connectivity index (χ3n) is 2.68. The fourth-order valence-electron chi connectivity index (χ4n) is 1.34. The summed E-state index contributed by atoms with van der Waals surface area (Å²) in [6.45, 7) is 14.2. The third kappa shape index (κ3) is 6.09. The summed E-state index contributed by atoms with van der Waals surface area (Å²) in [7, 11) is 3.99. The van der Waals surface area contributed by atoms with E-state index in [9.17, 15) is 0 Å². The van der Waals surface area contributed by atoms with E-state index < -0.39 is 14.1 Å². The van der Waals surface area contributed by atoms with Crippen molar-refractivity contribution in [3.05, 3.63) is 0 Å². The van der Waals surface area contributed by atoms with Crippen molar-refractivity contribution in [2.24, 2.45) is 0 Å². The molecule has 0 aromatic rings. The van der Waals surface area contributed by atoms with Crippen molar-refractivity contribution < 1.29 is 8.62 Å². The quantitative estimate of drug-likeness (QED) is 0.542. The molecule has 0 aromatic heterocycles. The summed E-state index contributed by atoms with van der Waals surface area (Å²) in [5.41, 5.74) is 0. The van der Waals surface area contributed by atoms with Gasteiger partial charge in [-0.1, -0.05) is 0 Å². The van der Waals surface area contributed by atoms with Crippen LogP contribution in [-0.2, 0) is 0 Å².